The molecule has 1 N–H and O–H groups in total. The lowest BCUT2D eigenvalue weighted by Gasteiger charge is -2.26. The van der Waals surface area contributed by atoms with Gasteiger partial charge in [-0.1, -0.05) is 28.8 Å². The zero-order valence-corrected chi connectivity index (χ0v) is 13.9. The van der Waals surface area contributed by atoms with Crippen LogP contribution in [0.2, 0.25) is 0 Å². The zero-order valence-electron chi connectivity index (χ0n) is 11.5. The zero-order chi connectivity index (χ0) is 14.8. The minimum absolute atomic E-state index is 0.0149. The quantitative estimate of drug-likeness (QED) is 0.815. The molecule has 1 aliphatic rings. The molecule has 112 valence electrons. The van der Waals surface area contributed by atoms with Crippen molar-refractivity contribution in [2.75, 3.05) is 11.9 Å². The van der Waals surface area contributed by atoms with E-state index in [1.807, 2.05) is 0 Å². The maximum absolute atomic E-state index is 13.1. The highest BCUT2D eigenvalue weighted by atomic mass is 79.9. The molecular formula is C14H19BrFNO2S. The summed E-state index contributed by atoms with van der Waals surface area (Å²) in [7, 11) is -3.58. The number of halogens is 2. The topological polar surface area (TPSA) is 46.2 Å². The average molecular weight is 364 g/mol. The van der Waals surface area contributed by atoms with Crippen molar-refractivity contribution in [3.63, 3.8) is 0 Å². The molecule has 0 heterocycles. The van der Waals surface area contributed by atoms with Crippen LogP contribution in [0.3, 0.4) is 0 Å². The smallest absolute Gasteiger partial charge is 0.211 e. The molecule has 1 aromatic rings. The first-order valence-corrected chi connectivity index (χ1v) is 9.31. The van der Waals surface area contributed by atoms with Crippen LogP contribution in [-0.2, 0) is 10.0 Å². The van der Waals surface area contributed by atoms with Gasteiger partial charge in [0.1, 0.15) is 5.82 Å². The fraction of sp³-hybridized carbons (Fsp3) is 0.571. The van der Waals surface area contributed by atoms with Gasteiger partial charge in [0, 0.05) is 11.9 Å². The van der Waals surface area contributed by atoms with E-state index in [0.717, 1.165) is 31.0 Å². The summed E-state index contributed by atoms with van der Waals surface area (Å²) in [5.41, 5.74) is 0.442. The average Bonchev–Trinajstić information content (AvgIpc) is 2.85. The molecule has 0 unspecified atom stereocenters. The molecule has 20 heavy (non-hydrogen) atoms. The Bertz CT molecular complexity index is 583. The second-order valence-corrected chi connectivity index (χ2v) is 7.87. The Balaban J connectivity index is 2.15. The molecule has 0 atom stereocenters. The first kappa shape index (κ1) is 15.9. The van der Waals surface area contributed by atoms with Gasteiger partial charge in [-0.05, 0) is 48.9 Å². The maximum Gasteiger partial charge on any atom is 0.240 e. The maximum atomic E-state index is 13.1. The van der Waals surface area contributed by atoms with Gasteiger partial charge < -0.3 is 0 Å². The van der Waals surface area contributed by atoms with E-state index in [4.69, 9.17) is 0 Å². The van der Waals surface area contributed by atoms with Crippen LogP contribution in [-0.4, -0.2) is 20.3 Å². The molecule has 0 aromatic heterocycles. The normalized spacial score (nSPS) is 18.4. The van der Waals surface area contributed by atoms with Crippen molar-refractivity contribution >= 4 is 26.0 Å². The van der Waals surface area contributed by atoms with Crippen molar-refractivity contribution in [3.05, 3.63) is 29.6 Å². The SMILES string of the molecule is Cc1cc(F)ccc1S(=O)(=O)NCC1(CBr)CCCC1. The number of aryl methyl sites for hydroxylation is 1. The summed E-state index contributed by atoms with van der Waals surface area (Å²) in [4.78, 5) is 0.154. The molecular weight excluding hydrogens is 345 g/mol. The molecule has 6 heteroatoms. The third kappa shape index (κ3) is 3.40. The van der Waals surface area contributed by atoms with Crippen LogP contribution in [0.5, 0.6) is 0 Å². The summed E-state index contributed by atoms with van der Waals surface area (Å²) < 4.78 is 40.4. The van der Waals surface area contributed by atoms with Gasteiger partial charge in [-0.15, -0.1) is 0 Å². The van der Waals surface area contributed by atoms with Gasteiger partial charge >= 0.3 is 0 Å². The Kier molecular flexibility index (Phi) is 4.87. The fourth-order valence-corrected chi connectivity index (χ4v) is 4.86. The van der Waals surface area contributed by atoms with E-state index in [1.54, 1.807) is 6.92 Å². The highest BCUT2D eigenvalue weighted by Gasteiger charge is 2.34. The molecule has 0 radical (unpaired) electrons. The first-order valence-electron chi connectivity index (χ1n) is 6.70. The number of sulfonamides is 1. The van der Waals surface area contributed by atoms with Gasteiger partial charge in [0.15, 0.2) is 0 Å². The Morgan fingerprint density at radius 3 is 2.55 bits per heavy atom. The van der Waals surface area contributed by atoms with Crippen molar-refractivity contribution in [1.29, 1.82) is 0 Å². The lowest BCUT2D eigenvalue weighted by Crippen LogP contribution is -2.37. The van der Waals surface area contributed by atoms with Crippen LogP contribution in [0.1, 0.15) is 31.2 Å². The summed E-state index contributed by atoms with van der Waals surface area (Å²) in [6, 6.07) is 3.74. The molecule has 0 saturated heterocycles. The third-order valence-corrected chi connectivity index (χ3v) is 6.76. The van der Waals surface area contributed by atoms with Crippen LogP contribution in [0.15, 0.2) is 23.1 Å². The van der Waals surface area contributed by atoms with Gasteiger partial charge in [0.25, 0.3) is 0 Å². The number of rotatable bonds is 5. The number of benzene rings is 1. The molecule has 2 rings (SSSR count). The molecule has 1 saturated carbocycles. The van der Waals surface area contributed by atoms with Crippen molar-refractivity contribution in [2.24, 2.45) is 5.41 Å². The predicted molar refractivity (Wildman–Crippen MR) is 81.0 cm³/mol. The molecule has 0 spiro atoms. The first-order chi connectivity index (χ1) is 9.38. The van der Waals surface area contributed by atoms with Crippen LogP contribution < -0.4 is 4.72 Å². The van der Waals surface area contributed by atoms with E-state index in [-0.39, 0.29) is 10.3 Å². The molecule has 1 fully saturated rings. The number of alkyl halides is 1. The van der Waals surface area contributed by atoms with E-state index in [0.29, 0.717) is 12.1 Å². The van der Waals surface area contributed by atoms with Crippen LogP contribution in [0.25, 0.3) is 0 Å². The Morgan fingerprint density at radius 2 is 2.00 bits per heavy atom. The van der Waals surface area contributed by atoms with Crippen molar-refractivity contribution < 1.29 is 12.8 Å². The van der Waals surface area contributed by atoms with Crippen molar-refractivity contribution in [3.8, 4) is 0 Å². The van der Waals surface area contributed by atoms with Gasteiger partial charge in [-0.3, -0.25) is 0 Å². The van der Waals surface area contributed by atoms with Gasteiger partial charge in [-0.2, -0.15) is 0 Å². The summed E-state index contributed by atoms with van der Waals surface area (Å²) in [6.07, 6.45) is 4.35. The van der Waals surface area contributed by atoms with Gasteiger partial charge in [0.2, 0.25) is 10.0 Å². The molecule has 0 amide bonds. The van der Waals surface area contributed by atoms with E-state index in [1.165, 1.54) is 18.2 Å². The van der Waals surface area contributed by atoms with Gasteiger partial charge in [-0.25, -0.2) is 17.5 Å². The number of hydrogen-bond acceptors (Lipinski definition) is 2. The van der Waals surface area contributed by atoms with Gasteiger partial charge in [0.05, 0.1) is 4.90 Å². The van der Waals surface area contributed by atoms with Crippen LogP contribution in [0.4, 0.5) is 4.39 Å². The summed E-state index contributed by atoms with van der Waals surface area (Å²) in [5.74, 6) is -0.422. The molecule has 3 nitrogen and oxygen atoms in total. The highest BCUT2D eigenvalue weighted by molar-refractivity contribution is 9.09. The lowest BCUT2D eigenvalue weighted by atomic mass is 9.89. The second-order valence-electron chi connectivity index (χ2n) is 5.58. The molecule has 0 aliphatic heterocycles. The summed E-state index contributed by atoms with van der Waals surface area (Å²) in [6.45, 7) is 2.03. The van der Waals surface area contributed by atoms with E-state index in [2.05, 4.69) is 20.7 Å². The Morgan fingerprint density at radius 1 is 1.35 bits per heavy atom. The minimum Gasteiger partial charge on any atom is -0.211 e. The van der Waals surface area contributed by atoms with Crippen LogP contribution >= 0.6 is 15.9 Å². The highest BCUT2D eigenvalue weighted by Crippen LogP contribution is 2.39. The Hall–Kier alpha value is -0.460. The third-order valence-electron chi connectivity index (χ3n) is 4.01. The number of hydrogen-bond donors (Lipinski definition) is 1. The van der Waals surface area contributed by atoms with Crippen molar-refractivity contribution in [2.45, 2.75) is 37.5 Å². The van der Waals surface area contributed by atoms with E-state index >= 15 is 0 Å². The molecule has 0 bridgehead atoms. The van der Waals surface area contributed by atoms with Crippen molar-refractivity contribution in [1.82, 2.24) is 4.72 Å². The molecule has 1 aromatic carbocycles. The van der Waals surface area contributed by atoms with E-state index in [9.17, 15) is 12.8 Å². The van der Waals surface area contributed by atoms with E-state index < -0.39 is 15.8 Å². The standard InChI is InChI=1S/C14H19BrFNO2S/c1-11-8-12(16)4-5-13(11)20(18,19)17-10-14(9-15)6-2-3-7-14/h4-5,8,17H,2-3,6-7,9-10H2,1H3. The fourth-order valence-electron chi connectivity index (χ4n) is 2.72. The monoisotopic (exact) mass is 363 g/mol. The number of nitrogens with one attached hydrogen (secondary N) is 1. The minimum atomic E-state index is -3.58. The largest absolute Gasteiger partial charge is 0.240 e. The Labute approximate surface area is 128 Å². The predicted octanol–water partition coefficient (Wildman–Crippen LogP) is 3.37. The second kappa shape index (κ2) is 6.12. The van der Waals surface area contributed by atoms with Crippen LogP contribution in [0, 0.1) is 18.2 Å². The molecule has 1 aliphatic carbocycles. The summed E-state index contributed by atoms with van der Waals surface area (Å²) >= 11 is 3.50. The summed E-state index contributed by atoms with van der Waals surface area (Å²) in [5, 5.41) is 0.797. The lowest BCUT2D eigenvalue weighted by molar-refractivity contribution is 0.347.